The van der Waals surface area contributed by atoms with E-state index in [0.717, 1.165) is 43.9 Å². The van der Waals surface area contributed by atoms with Crippen LogP contribution in [0.3, 0.4) is 0 Å². The Morgan fingerprint density at radius 3 is 2.50 bits per heavy atom. The molecule has 0 radical (unpaired) electrons. The van der Waals surface area contributed by atoms with Gasteiger partial charge in [-0.05, 0) is 50.2 Å². The Kier molecular flexibility index (Phi) is 7.06. The largest absolute Gasteiger partial charge is 0.497 e. The third-order valence-corrected chi connectivity index (χ3v) is 4.64. The van der Waals surface area contributed by atoms with Crippen molar-refractivity contribution in [1.29, 1.82) is 0 Å². The van der Waals surface area contributed by atoms with Crippen molar-refractivity contribution in [1.82, 2.24) is 15.1 Å². The summed E-state index contributed by atoms with van der Waals surface area (Å²) in [5.41, 5.74) is 1.12. The standard InChI is InChI=1S/C19H31N3O2/c1-15(2)19(16-6-8-17(24-4)9-7-16)20-18(23)14-22-11-5-10-21(3)12-13-22/h6-9,15,19H,5,10-14H2,1-4H3,(H,20,23)/t19-/m1/s1. The van der Waals surface area contributed by atoms with Crippen LogP contribution in [-0.4, -0.2) is 62.6 Å². The lowest BCUT2D eigenvalue weighted by molar-refractivity contribution is -0.123. The van der Waals surface area contributed by atoms with E-state index in [9.17, 15) is 4.79 Å². The zero-order chi connectivity index (χ0) is 17.5. The number of hydrogen-bond acceptors (Lipinski definition) is 4. The lowest BCUT2D eigenvalue weighted by Crippen LogP contribution is -2.41. The molecule has 1 aromatic rings. The Labute approximate surface area is 146 Å². The molecule has 134 valence electrons. The van der Waals surface area contributed by atoms with Crippen molar-refractivity contribution >= 4 is 5.91 Å². The van der Waals surface area contributed by atoms with Gasteiger partial charge in [-0.3, -0.25) is 9.69 Å². The van der Waals surface area contributed by atoms with Crippen molar-refractivity contribution in [3.63, 3.8) is 0 Å². The first-order chi connectivity index (χ1) is 11.5. The molecule has 2 rings (SSSR count). The molecule has 1 amide bonds. The van der Waals surface area contributed by atoms with Gasteiger partial charge in [-0.1, -0.05) is 26.0 Å². The Morgan fingerprint density at radius 2 is 1.88 bits per heavy atom. The normalized spacial score (nSPS) is 18.2. The van der Waals surface area contributed by atoms with Crippen LogP contribution >= 0.6 is 0 Å². The van der Waals surface area contributed by atoms with Crippen molar-refractivity contribution in [2.24, 2.45) is 5.92 Å². The summed E-state index contributed by atoms with van der Waals surface area (Å²) in [4.78, 5) is 17.1. The molecule has 5 heteroatoms. The van der Waals surface area contributed by atoms with E-state index in [1.54, 1.807) is 7.11 Å². The monoisotopic (exact) mass is 333 g/mol. The molecule has 1 N–H and O–H groups in total. The molecular weight excluding hydrogens is 302 g/mol. The molecule has 1 aliphatic rings. The highest BCUT2D eigenvalue weighted by Crippen LogP contribution is 2.23. The summed E-state index contributed by atoms with van der Waals surface area (Å²) < 4.78 is 5.21. The second-order valence-electron chi connectivity index (χ2n) is 7.00. The zero-order valence-corrected chi connectivity index (χ0v) is 15.4. The zero-order valence-electron chi connectivity index (χ0n) is 15.4. The van der Waals surface area contributed by atoms with Crippen LogP contribution in [0.5, 0.6) is 5.75 Å². The van der Waals surface area contributed by atoms with Crippen LogP contribution in [0.2, 0.25) is 0 Å². The van der Waals surface area contributed by atoms with Gasteiger partial charge in [-0.2, -0.15) is 0 Å². The summed E-state index contributed by atoms with van der Waals surface area (Å²) in [6.07, 6.45) is 1.12. The number of methoxy groups -OCH3 is 1. The summed E-state index contributed by atoms with van der Waals surface area (Å²) >= 11 is 0. The lowest BCUT2D eigenvalue weighted by Gasteiger charge is -2.25. The number of carbonyl (C=O) groups is 1. The van der Waals surface area contributed by atoms with Crippen molar-refractivity contribution in [2.45, 2.75) is 26.3 Å². The predicted molar refractivity (Wildman–Crippen MR) is 97.3 cm³/mol. The smallest absolute Gasteiger partial charge is 0.234 e. The average molecular weight is 333 g/mol. The third kappa shape index (κ3) is 5.49. The van der Waals surface area contributed by atoms with E-state index in [2.05, 4.69) is 36.0 Å². The number of benzene rings is 1. The number of nitrogens with zero attached hydrogens (tertiary/aromatic N) is 2. The number of nitrogens with one attached hydrogen (secondary N) is 1. The molecular formula is C19H31N3O2. The Bertz CT molecular complexity index is 516. The van der Waals surface area contributed by atoms with E-state index in [1.807, 2.05) is 24.3 Å². The van der Waals surface area contributed by atoms with E-state index in [1.165, 1.54) is 0 Å². The number of likely N-dealkylation sites (N-methyl/N-ethyl adjacent to an activating group) is 1. The molecule has 0 aliphatic carbocycles. The molecule has 5 nitrogen and oxygen atoms in total. The summed E-state index contributed by atoms with van der Waals surface area (Å²) in [6.45, 7) is 8.84. The molecule has 0 unspecified atom stereocenters. The summed E-state index contributed by atoms with van der Waals surface area (Å²) in [5.74, 6) is 1.27. The topological polar surface area (TPSA) is 44.8 Å². The maximum absolute atomic E-state index is 12.5. The number of ether oxygens (including phenoxy) is 1. The third-order valence-electron chi connectivity index (χ3n) is 4.64. The fraction of sp³-hybridized carbons (Fsp3) is 0.632. The van der Waals surface area contributed by atoms with Gasteiger partial charge < -0.3 is 15.0 Å². The van der Waals surface area contributed by atoms with Gasteiger partial charge in [0.05, 0.1) is 19.7 Å². The van der Waals surface area contributed by atoms with Crippen LogP contribution in [0.4, 0.5) is 0 Å². The molecule has 0 aromatic heterocycles. The molecule has 24 heavy (non-hydrogen) atoms. The van der Waals surface area contributed by atoms with Crippen LogP contribution in [0.15, 0.2) is 24.3 Å². The van der Waals surface area contributed by atoms with Gasteiger partial charge >= 0.3 is 0 Å². The lowest BCUT2D eigenvalue weighted by atomic mass is 9.96. The van der Waals surface area contributed by atoms with Crippen LogP contribution in [0.25, 0.3) is 0 Å². The molecule has 0 bridgehead atoms. The second-order valence-corrected chi connectivity index (χ2v) is 7.00. The Morgan fingerprint density at radius 1 is 1.17 bits per heavy atom. The van der Waals surface area contributed by atoms with Crippen LogP contribution in [-0.2, 0) is 4.79 Å². The number of amides is 1. The van der Waals surface area contributed by atoms with Gasteiger partial charge in [-0.25, -0.2) is 0 Å². The van der Waals surface area contributed by atoms with Gasteiger partial charge in [0, 0.05) is 13.1 Å². The van der Waals surface area contributed by atoms with Crippen LogP contribution < -0.4 is 10.1 Å². The van der Waals surface area contributed by atoms with Crippen LogP contribution in [0, 0.1) is 5.92 Å². The fourth-order valence-electron chi connectivity index (χ4n) is 3.13. The van der Waals surface area contributed by atoms with E-state index >= 15 is 0 Å². The molecule has 0 saturated carbocycles. The highest BCUT2D eigenvalue weighted by molar-refractivity contribution is 5.78. The molecule has 1 saturated heterocycles. The maximum Gasteiger partial charge on any atom is 0.234 e. The van der Waals surface area contributed by atoms with E-state index in [4.69, 9.17) is 4.74 Å². The minimum Gasteiger partial charge on any atom is -0.497 e. The number of hydrogen-bond donors (Lipinski definition) is 1. The van der Waals surface area contributed by atoms with Crippen molar-refractivity contribution in [3.8, 4) is 5.75 Å². The van der Waals surface area contributed by atoms with E-state index < -0.39 is 0 Å². The first-order valence-corrected chi connectivity index (χ1v) is 8.84. The van der Waals surface area contributed by atoms with Gasteiger partial charge in [0.1, 0.15) is 5.75 Å². The summed E-state index contributed by atoms with van der Waals surface area (Å²) in [6, 6.07) is 7.98. The van der Waals surface area contributed by atoms with Crippen molar-refractivity contribution in [3.05, 3.63) is 29.8 Å². The number of rotatable bonds is 6. The van der Waals surface area contributed by atoms with E-state index in [0.29, 0.717) is 12.5 Å². The first-order valence-electron chi connectivity index (χ1n) is 8.84. The quantitative estimate of drug-likeness (QED) is 0.866. The first kappa shape index (κ1) is 18.7. The molecule has 1 aromatic carbocycles. The molecule has 1 aliphatic heterocycles. The molecule has 1 heterocycles. The van der Waals surface area contributed by atoms with E-state index in [-0.39, 0.29) is 11.9 Å². The SMILES string of the molecule is COc1ccc([C@H](NC(=O)CN2CCCN(C)CC2)C(C)C)cc1. The Hall–Kier alpha value is -1.59. The highest BCUT2D eigenvalue weighted by atomic mass is 16.5. The van der Waals surface area contributed by atoms with Gasteiger partial charge in [0.25, 0.3) is 0 Å². The van der Waals surface area contributed by atoms with Gasteiger partial charge in [0.15, 0.2) is 0 Å². The molecule has 1 atom stereocenters. The fourth-order valence-corrected chi connectivity index (χ4v) is 3.13. The minimum absolute atomic E-state index is 0.0260. The van der Waals surface area contributed by atoms with Crippen molar-refractivity contribution < 1.29 is 9.53 Å². The van der Waals surface area contributed by atoms with Gasteiger partial charge in [0.2, 0.25) is 5.91 Å². The second kappa shape index (κ2) is 9.04. The summed E-state index contributed by atoms with van der Waals surface area (Å²) in [7, 11) is 3.80. The minimum atomic E-state index is 0.0260. The van der Waals surface area contributed by atoms with Crippen LogP contribution in [0.1, 0.15) is 31.9 Å². The predicted octanol–water partition coefficient (Wildman–Crippen LogP) is 2.15. The highest BCUT2D eigenvalue weighted by Gasteiger charge is 2.21. The number of carbonyl (C=O) groups excluding carboxylic acids is 1. The van der Waals surface area contributed by atoms with Crippen molar-refractivity contribution in [2.75, 3.05) is 46.9 Å². The Balaban J connectivity index is 1.95. The maximum atomic E-state index is 12.5. The van der Waals surface area contributed by atoms with Gasteiger partial charge in [-0.15, -0.1) is 0 Å². The summed E-state index contributed by atoms with van der Waals surface area (Å²) in [5, 5.41) is 3.21. The molecule has 1 fully saturated rings. The average Bonchev–Trinajstić information content (AvgIpc) is 2.77. The molecule has 0 spiro atoms.